The van der Waals surface area contributed by atoms with Crippen LogP contribution in [0, 0.1) is 0 Å². The number of fused-ring (bicyclic) bond motifs is 1. The molecule has 0 saturated heterocycles. The zero-order valence-corrected chi connectivity index (χ0v) is 11.0. The molecule has 1 aromatic carbocycles. The number of aromatic amines is 1. The predicted molar refractivity (Wildman–Crippen MR) is 73.0 cm³/mol. The first-order chi connectivity index (χ1) is 9.78. The highest BCUT2D eigenvalue weighted by Crippen LogP contribution is 2.13. The lowest BCUT2D eigenvalue weighted by Crippen LogP contribution is -2.22. The second kappa shape index (κ2) is 5.12. The van der Waals surface area contributed by atoms with Gasteiger partial charge in [0, 0.05) is 18.3 Å². The van der Waals surface area contributed by atoms with E-state index in [1.54, 1.807) is 29.3 Å². The summed E-state index contributed by atoms with van der Waals surface area (Å²) in [6.45, 7) is 3.17. The molecule has 0 bridgehead atoms. The molecule has 0 atom stereocenters. The number of hydrogen-bond acceptors (Lipinski definition) is 4. The van der Waals surface area contributed by atoms with Crippen LogP contribution in [0.25, 0.3) is 11.0 Å². The Kier molecular flexibility index (Phi) is 3.16. The van der Waals surface area contributed by atoms with E-state index in [0.29, 0.717) is 12.1 Å². The molecule has 102 valence electrons. The zero-order valence-electron chi connectivity index (χ0n) is 11.0. The molecule has 7 nitrogen and oxygen atoms in total. The number of aromatic nitrogens is 5. The van der Waals surface area contributed by atoms with Crippen LogP contribution in [-0.4, -0.2) is 30.9 Å². The summed E-state index contributed by atoms with van der Waals surface area (Å²) in [6.07, 6.45) is 3.26. The summed E-state index contributed by atoms with van der Waals surface area (Å²) in [7, 11) is 0. The summed E-state index contributed by atoms with van der Waals surface area (Å²) in [5.41, 5.74) is 3.08. The van der Waals surface area contributed by atoms with Gasteiger partial charge in [-0.1, -0.05) is 5.21 Å². The van der Waals surface area contributed by atoms with Gasteiger partial charge in [0.25, 0.3) is 5.91 Å². The normalized spacial score (nSPS) is 10.8. The maximum atomic E-state index is 12.1. The summed E-state index contributed by atoms with van der Waals surface area (Å²) in [4.78, 5) is 18.9. The quantitative estimate of drug-likeness (QED) is 0.743. The van der Waals surface area contributed by atoms with Gasteiger partial charge in [-0.3, -0.25) is 4.79 Å². The molecule has 2 aromatic heterocycles. The van der Waals surface area contributed by atoms with Gasteiger partial charge >= 0.3 is 0 Å². The summed E-state index contributed by atoms with van der Waals surface area (Å²) in [5.74, 6) is -0.146. The van der Waals surface area contributed by atoms with E-state index < -0.39 is 0 Å². The Morgan fingerprint density at radius 3 is 3.10 bits per heavy atom. The number of amides is 1. The van der Waals surface area contributed by atoms with Crippen LogP contribution >= 0.6 is 0 Å². The van der Waals surface area contributed by atoms with Crippen LogP contribution in [0.1, 0.15) is 23.0 Å². The van der Waals surface area contributed by atoms with Crippen molar-refractivity contribution in [3.8, 4) is 0 Å². The monoisotopic (exact) mass is 270 g/mol. The molecule has 0 unspecified atom stereocenters. The van der Waals surface area contributed by atoms with Crippen molar-refractivity contribution in [3.05, 3.63) is 42.0 Å². The van der Waals surface area contributed by atoms with Crippen LogP contribution in [0.2, 0.25) is 0 Å². The molecule has 1 amide bonds. The van der Waals surface area contributed by atoms with Crippen molar-refractivity contribution in [3.63, 3.8) is 0 Å². The number of rotatable bonds is 4. The van der Waals surface area contributed by atoms with Crippen molar-refractivity contribution in [2.75, 3.05) is 0 Å². The minimum absolute atomic E-state index is 0.146. The number of carbonyl (C=O) groups is 1. The smallest absolute Gasteiger partial charge is 0.251 e. The largest absolute Gasteiger partial charge is 0.347 e. The Balaban J connectivity index is 1.77. The SMILES string of the molecule is CCn1nnc2cc(C(=O)NCc3cnc[nH]3)ccc21. The molecule has 3 aromatic rings. The van der Waals surface area contributed by atoms with E-state index in [4.69, 9.17) is 0 Å². The third-order valence-corrected chi connectivity index (χ3v) is 3.07. The molecule has 0 aliphatic rings. The topological polar surface area (TPSA) is 88.5 Å². The maximum Gasteiger partial charge on any atom is 0.251 e. The van der Waals surface area contributed by atoms with Crippen LogP contribution in [0.15, 0.2) is 30.7 Å². The highest BCUT2D eigenvalue weighted by molar-refractivity contribution is 5.97. The van der Waals surface area contributed by atoms with Gasteiger partial charge in [0.1, 0.15) is 5.52 Å². The number of H-pyrrole nitrogens is 1. The van der Waals surface area contributed by atoms with Gasteiger partial charge in [-0.05, 0) is 25.1 Å². The van der Waals surface area contributed by atoms with Crippen LogP contribution in [-0.2, 0) is 13.1 Å². The standard InChI is InChI=1S/C13H14N6O/c1-2-19-12-4-3-9(5-11(12)17-18-19)13(20)15-7-10-6-14-8-16-10/h3-6,8H,2,7H2,1H3,(H,14,16)(H,15,20). The zero-order chi connectivity index (χ0) is 13.9. The molecule has 0 spiro atoms. The molecule has 0 aliphatic heterocycles. The number of hydrogen-bond donors (Lipinski definition) is 2. The minimum atomic E-state index is -0.146. The Morgan fingerprint density at radius 2 is 2.35 bits per heavy atom. The number of aryl methyl sites for hydroxylation is 1. The fraction of sp³-hybridized carbons (Fsp3) is 0.231. The van der Waals surface area contributed by atoms with Gasteiger partial charge in [-0.15, -0.1) is 5.10 Å². The first kappa shape index (κ1) is 12.3. The van der Waals surface area contributed by atoms with Gasteiger partial charge in [0.2, 0.25) is 0 Å². The highest BCUT2D eigenvalue weighted by atomic mass is 16.1. The maximum absolute atomic E-state index is 12.1. The molecule has 2 heterocycles. The lowest BCUT2D eigenvalue weighted by Gasteiger charge is -2.04. The van der Waals surface area contributed by atoms with Crippen molar-refractivity contribution in [1.82, 2.24) is 30.3 Å². The molecule has 7 heteroatoms. The van der Waals surface area contributed by atoms with Crippen molar-refractivity contribution in [1.29, 1.82) is 0 Å². The van der Waals surface area contributed by atoms with Gasteiger partial charge < -0.3 is 10.3 Å². The van der Waals surface area contributed by atoms with E-state index in [9.17, 15) is 4.79 Å². The fourth-order valence-corrected chi connectivity index (χ4v) is 2.01. The minimum Gasteiger partial charge on any atom is -0.347 e. The molecular formula is C13H14N6O. The summed E-state index contributed by atoms with van der Waals surface area (Å²) >= 11 is 0. The second-order valence-electron chi connectivity index (χ2n) is 4.37. The van der Waals surface area contributed by atoms with Gasteiger partial charge in [-0.25, -0.2) is 9.67 Å². The van der Waals surface area contributed by atoms with Crippen molar-refractivity contribution >= 4 is 16.9 Å². The second-order valence-corrected chi connectivity index (χ2v) is 4.37. The van der Waals surface area contributed by atoms with E-state index in [1.165, 1.54) is 0 Å². The molecule has 0 aliphatic carbocycles. The van der Waals surface area contributed by atoms with E-state index in [-0.39, 0.29) is 5.91 Å². The van der Waals surface area contributed by atoms with Crippen LogP contribution in [0.3, 0.4) is 0 Å². The third kappa shape index (κ3) is 2.25. The number of imidazole rings is 1. The Hall–Kier alpha value is -2.70. The van der Waals surface area contributed by atoms with Gasteiger partial charge in [0.15, 0.2) is 0 Å². The summed E-state index contributed by atoms with van der Waals surface area (Å²) in [6, 6.07) is 5.39. The van der Waals surface area contributed by atoms with E-state index in [0.717, 1.165) is 23.3 Å². The average molecular weight is 270 g/mol. The number of carbonyl (C=O) groups excluding carboxylic acids is 1. The third-order valence-electron chi connectivity index (χ3n) is 3.07. The molecular weight excluding hydrogens is 256 g/mol. The molecule has 0 fully saturated rings. The summed E-state index contributed by atoms with van der Waals surface area (Å²) in [5, 5.41) is 10.9. The lowest BCUT2D eigenvalue weighted by atomic mass is 10.2. The molecule has 0 radical (unpaired) electrons. The molecule has 20 heavy (non-hydrogen) atoms. The van der Waals surface area contributed by atoms with E-state index in [2.05, 4.69) is 25.6 Å². The first-order valence-corrected chi connectivity index (χ1v) is 6.36. The Bertz CT molecular complexity index is 730. The van der Waals surface area contributed by atoms with Crippen LogP contribution in [0.5, 0.6) is 0 Å². The average Bonchev–Trinajstić information content (AvgIpc) is 3.13. The van der Waals surface area contributed by atoms with E-state index >= 15 is 0 Å². The highest BCUT2D eigenvalue weighted by Gasteiger charge is 2.09. The first-order valence-electron chi connectivity index (χ1n) is 6.36. The van der Waals surface area contributed by atoms with E-state index in [1.807, 2.05) is 13.0 Å². The number of benzene rings is 1. The van der Waals surface area contributed by atoms with Gasteiger partial charge in [0.05, 0.1) is 24.1 Å². The Labute approximate surface area is 115 Å². The van der Waals surface area contributed by atoms with Crippen molar-refractivity contribution in [2.24, 2.45) is 0 Å². The number of nitrogens with zero attached hydrogens (tertiary/aromatic N) is 4. The molecule has 0 saturated carbocycles. The molecule has 2 N–H and O–H groups in total. The van der Waals surface area contributed by atoms with Crippen molar-refractivity contribution < 1.29 is 4.79 Å². The molecule has 3 rings (SSSR count). The van der Waals surface area contributed by atoms with Crippen molar-refractivity contribution in [2.45, 2.75) is 20.0 Å². The van der Waals surface area contributed by atoms with Gasteiger partial charge in [-0.2, -0.15) is 0 Å². The van der Waals surface area contributed by atoms with Crippen LogP contribution in [0.4, 0.5) is 0 Å². The predicted octanol–water partition coefficient (Wildman–Crippen LogP) is 1.10. The summed E-state index contributed by atoms with van der Waals surface area (Å²) < 4.78 is 1.79. The Morgan fingerprint density at radius 1 is 1.45 bits per heavy atom. The lowest BCUT2D eigenvalue weighted by molar-refractivity contribution is 0.0950. The fourth-order valence-electron chi connectivity index (χ4n) is 2.01. The number of nitrogens with one attached hydrogen (secondary N) is 2. The van der Waals surface area contributed by atoms with Crippen LogP contribution < -0.4 is 5.32 Å².